The summed E-state index contributed by atoms with van der Waals surface area (Å²) in [4.78, 5) is 31.0. The largest absolute Gasteiger partial charge is 0.507 e. The highest BCUT2D eigenvalue weighted by atomic mass is 16.5. The molecular weight excluding hydrogens is 548 g/mol. The number of unbranched alkanes of at least 4 members (excludes halogenated alkanes) is 1. The van der Waals surface area contributed by atoms with Gasteiger partial charge in [0.05, 0.1) is 45.2 Å². The molecule has 1 unspecified atom stereocenters. The summed E-state index contributed by atoms with van der Waals surface area (Å²) in [7, 11) is 1.57. The molecule has 9 heteroatoms. The van der Waals surface area contributed by atoms with Crippen LogP contribution in [0.15, 0.2) is 48.0 Å². The second kappa shape index (κ2) is 15.8. The zero-order chi connectivity index (χ0) is 30.8. The van der Waals surface area contributed by atoms with Crippen LogP contribution in [0.4, 0.5) is 0 Å². The molecule has 1 amide bonds. The van der Waals surface area contributed by atoms with Gasteiger partial charge in [-0.25, -0.2) is 0 Å². The predicted octanol–water partition coefficient (Wildman–Crippen LogP) is 5.44. The summed E-state index contributed by atoms with van der Waals surface area (Å²) < 4.78 is 23.0. The number of benzene rings is 2. The lowest BCUT2D eigenvalue weighted by Crippen LogP contribution is -2.39. The number of aliphatic hydroxyl groups is 1. The summed E-state index contributed by atoms with van der Waals surface area (Å²) in [6.45, 7) is 11.7. The van der Waals surface area contributed by atoms with Gasteiger partial charge >= 0.3 is 0 Å². The molecule has 43 heavy (non-hydrogen) atoms. The number of rotatable bonds is 15. The van der Waals surface area contributed by atoms with Gasteiger partial charge in [0, 0.05) is 31.7 Å². The van der Waals surface area contributed by atoms with Crippen molar-refractivity contribution in [2.24, 2.45) is 5.92 Å². The lowest BCUT2D eigenvalue weighted by Gasteiger charge is -2.29. The molecule has 0 radical (unpaired) electrons. The van der Waals surface area contributed by atoms with Crippen molar-refractivity contribution >= 4 is 17.4 Å². The Bertz CT molecular complexity index is 1270. The van der Waals surface area contributed by atoms with Crippen molar-refractivity contribution < 1.29 is 33.6 Å². The van der Waals surface area contributed by atoms with Crippen LogP contribution in [0.25, 0.3) is 5.76 Å². The van der Waals surface area contributed by atoms with Crippen LogP contribution in [0, 0.1) is 5.92 Å². The van der Waals surface area contributed by atoms with E-state index in [0.29, 0.717) is 73.7 Å². The van der Waals surface area contributed by atoms with E-state index in [2.05, 4.69) is 25.7 Å². The lowest BCUT2D eigenvalue weighted by molar-refractivity contribution is -0.140. The quantitative estimate of drug-likeness (QED) is 0.126. The number of ether oxygens (including phenoxy) is 4. The molecular formula is C34H46N2O7. The van der Waals surface area contributed by atoms with E-state index in [4.69, 9.17) is 18.9 Å². The molecule has 0 aliphatic carbocycles. The highest BCUT2D eigenvalue weighted by molar-refractivity contribution is 6.46. The van der Waals surface area contributed by atoms with Gasteiger partial charge in [0.25, 0.3) is 11.7 Å². The molecule has 2 aromatic carbocycles. The maximum atomic E-state index is 13.6. The average Bonchev–Trinajstić information content (AvgIpc) is 3.26. The van der Waals surface area contributed by atoms with Gasteiger partial charge < -0.3 is 29.0 Å². The van der Waals surface area contributed by atoms with Gasteiger partial charge in [-0.1, -0.05) is 45.4 Å². The number of nitrogens with zero attached hydrogens (tertiary/aromatic N) is 2. The van der Waals surface area contributed by atoms with Gasteiger partial charge in [0.1, 0.15) is 11.5 Å². The molecule has 2 aliphatic rings. The number of hydrogen-bond acceptors (Lipinski definition) is 8. The Morgan fingerprint density at radius 3 is 2.51 bits per heavy atom. The zero-order valence-corrected chi connectivity index (χ0v) is 26.0. The van der Waals surface area contributed by atoms with E-state index in [-0.39, 0.29) is 11.3 Å². The van der Waals surface area contributed by atoms with Crippen LogP contribution in [0.2, 0.25) is 0 Å². The smallest absolute Gasteiger partial charge is 0.295 e. The van der Waals surface area contributed by atoms with E-state index >= 15 is 0 Å². The number of morpholine rings is 1. The summed E-state index contributed by atoms with van der Waals surface area (Å²) in [6, 6.07) is 11.7. The topological polar surface area (TPSA) is 97.8 Å². The number of ketones is 1. The maximum absolute atomic E-state index is 13.6. The second-order valence-electron chi connectivity index (χ2n) is 11.5. The third-order valence-corrected chi connectivity index (χ3v) is 7.85. The van der Waals surface area contributed by atoms with Crippen LogP contribution in [-0.2, 0) is 14.3 Å². The summed E-state index contributed by atoms with van der Waals surface area (Å²) in [5.74, 6) is 0.634. The van der Waals surface area contributed by atoms with Crippen molar-refractivity contribution in [2.75, 3.05) is 59.7 Å². The summed E-state index contributed by atoms with van der Waals surface area (Å²) in [5.41, 5.74) is 1.14. The first-order valence-corrected chi connectivity index (χ1v) is 15.5. The van der Waals surface area contributed by atoms with Gasteiger partial charge in [-0.2, -0.15) is 0 Å². The minimum absolute atomic E-state index is 0.0533. The molecule has 2 fully saturated rings. The number of Topliss-reactive ketones (excluding diaryl/α,β-unsaturated/α-hetero) is 1. The van der Waals surface area contributed by atoms with Gasteiger partial charge in [0.2, 0.25) is 0 Å². The number of methoxy groups -OCH3 is 1. The summed E-state index contributed by atoms with van der Waals surface area (Å²) in [5, 5.41) is 11.6. The Hall–Kier alpha value is -3.56. The SMILES string of the molecule is CCCCOc1cccc(/C(O)=C2\C(=O)C(=O)N(CCCN3CCOCC3)C2c2ccc(OCCC(C)C)c(OC)c2)c1. The van der Waals surface area contributed by atoms with Gasteiger partial charge in [-0.3, -0.25) is 14.5 Å². The standard InChI is InChI=1S/C34H46N2O7/c1-5-6-18-42-27-10-7-9-26(22-27)32(37)30-31(25-11-12-28(29(23-25)40-4)43-19-13-24(2)3)36(34(39)33(30)38)15-8-14-35-16-20-41-21-17-35/h7,9-12,22-24,31,37H,5-6,8,13-21H2,1-4H3/b32-30+. The Labute approximate surface area is 255 Å². The molecule has 2 saturated heterocycles. The number of likely N-dealkylation sites (tertiary alicyclic amines) is 1. The number of carbonyl (C=O) groups excluding carboxylic acids is 2. The van der Waals surface area contributed by atoms with Crippen molar-refractivity contribution in [1.82, 2.24) is 9.80 Å². The third-order valence-electron chi connectivity index (χ3n) is 7.85. The first-order chi connectivity index (χ1) is 20.8. The minimum atomic E-state index is -0.784. The maximum Gasteiger partial charge on any atom is 0.295 e. The fourth-order valence-corrected chi connectivity index (χ4v) is 5.35. The Kier molecular flexibility index (Phi) is 11.9. The number of hydrogen-bond donors (Lipinski definition) is 1. The van der Waals surface area contributed by atoms with E-state index in [1.807, 2.05) is 18.2 Å². The molecule has 0 bridgehead atoms. The van der Waals surface area contributed by atoms with Crippen LogP contribution in [0.5, 0.6) is 17.2 Å². The molecule has 2 heterocycles. The molecule has 2 aromatic rings. The van der Waals surface area contributed by atoms with Crippen molar-refractivity contribution in [2.45, 2.75) is 52.5 Å². The number of carbonyl (C=O) groups is 2. The minimum Gasteiger partial charge on any atom is -0.507 e. The zero-order valence-electron chi connectivity index (χ0n) is 26.0. The molecule has 2 aliphatic heterocycles. The van der Waals surface area contributed by atoms with E-state index in [1.54, 1.807) is 36.3 Å². The number of aliphatic hydroxyl groups excluding tert-OH is 1. The first-order valence-electron chi connectivity index (χ1n) is 15.5. The van der Waals surface area contributed by atoms with Crippen molar-refractivity contribution in [3.63, 3.8) is 0 Å². The van der Waals surface area contributed by atoms with E-state index in [0.717, 1.165) is 38.9 Å². The number of amides is 1. The molecule has 4 rings (SSSR count). The van der Waals surface area contributed by atoms with Crippen LogP contribution >= 0.6 is 0 Å². The van der Waals surface area contributed by atoms with Crippen LogP contribution in [0.3, 0.4) is 0 Å². The third kappa shape index (κ3) is 8.30. The highest BCUT2D eigenvalue weighted by Crippen LogP contribution is 2.42. The molecule has 0 spiro atoms. The fourth-order valence-electron chi connectivity index (χ4n) is 5.35. The molecule has 0 aromatic heterocycles. The molecule has 9 nitrogen and oxygen atoms in total. The molecule has 1 atom stereocenters. The van der Waals surface area contributed by atoms with Gasteiger partial charge in [-0.05, 0) is 55.0 Å². The summed E-state index contributed by atoms with van der Waals surface area (Å²) in [6.07, 6.45) is 3.48. The van der Waals surface area contributed by atoms with Gasteiger partial charge in [0.15, 0.2) is 11.5 Å². The Morgan fingerprint density at radius 2 is 1.79 bits per heavy atom. The molecule has 234 valence electrons. The van der Waals surface area contributed by atoms with Crippen molar-refractivity contribution in [3.8, 4) is 17.2 Å². The second-order valence-corrected chi connectivity index (χ2v) is 11.5. The first kappa shape index (κ1) is 32.4. The normalized spacial score (nSPS) is 18.8. The Balaban J connectivity index is 1.68. The highest BCUT2D eigenvalue weighted by Gasteiger charge is 2.46. The van der Waals surface area contributed by atoms with Gasteiger partial charge in [-0.15, -0.1) is 0 Å². The predicted molar refractivity (Wildman–Crippen MR) is 166 cm³/mol. The van der Waals surface area contributed by atoms with Crippen LogP contribution in [0.1, 0.15) is 63.6 Å². The molecule has 0 saturated carbocycles. The fraction of sp³-hybridized carbons (Fsp3) is 0.529. The summed E-state index contributed by atoms with van der Waals surface area (Å²) >= 11 is 0. The molecule has 1 N–H and O–H groups in total. The Morgan fingerprint density at radius 1 is 1.00 bits per heavy atom. The van der Waals surface area contributed by atoms with E-state index in [9.17, 15) is 14.7 Å². The van der Waals surface area contributed by atoms with Crippen molar-refractivity contribution in [1.29, 1.82) is 0 Å². The lowest BCUT2D eigenvalue weighted by atomic mass is 9.95. The average molecular weight is 595 g/mol. The monoisotopic (exact) mass is 594 g/mol. The van der Waals surface area contributed by atoms with Crippen LogP contribution in [-0.4, -0.2) is 86.3 Å². The van der Waals surface area contributed by atoms with Crippen LogP contribution < -0.4 is 14.2 Å². The van der Waals surface area contributed by atoms with Crippen molar-refractivity contribution in [3.05, 3.63) is 59.2 Å². The van der Waals surface area contributed by atoms with E-state index < -0.39 is 17.7 Å². The van der Waals surface area contributed by atoms with E-state index in [1.165, 1.54) is 0 Å².